The number of amides is 1. The SMILES string of the molecule is CC/C=C\C/C=C\C/C=C\C/C=C\C/C=C\C/C=C\CCC(=O)N[C@H]1CCc2cc(OC)c(OC)c(OC)c2-c2ccc(SC)c(=O)cc21. The maximum absolute atomic E-state index is 13.2. The summed E-state index contributed by atoms with van der Waals surface area (Å²) in [5.74, 6) is 1.57. The highest BCUT2D eigenvalue weighted by Crippen LogP contribution is 2.50. The van der Waals surface area contributed by atoms with Gasteiger partial charge in [0.2, 0.25) is 11.7 Å². The van der Waals surface area contributed by atoms with Crippen LogP contribution < -0.4 is 25.0 Å². The second-order valence-electron chi connectivity index (χ2n) is 11.6. The molecule has 49 heavy (non-hydrogen) atoms. The van der Waals surface area contributed by atoms with Gasteiger partial charge in [-0.05, 0) is 98.9 Å². The molecule has 0 fully saturated rings. The molecular weight excluding hydrogens is 631 g/mol. The molecule has 0 bridgehead atoms. The number of aryl methyl sites for hydroxylation is 1. The highest BCUT2D eigenvalue weighted by atomic mass is 32.2. The molecule has 0 aromatic heterocycles. The predicted molar refractivity (Wildman–Crippen MR) is 206 cm³/mol. The molecule has 0 saturated heterocycles. The van der Waals surface area contributed by atoms with Crippen molar-refractivity contribution in [3.8, 4) is 28.4 Å². The molecule has 1 aliphatic rings. The van der Waals surface area contributed by atoms with E-state index in [1.807, 2.05) is 24.5 Å². The predicted octanol–water partition coefficient (Wildman–Crippen LogP) is 10.0. The van der Waals surface area contributed by atoms with Gasteiger partial charge in [0.25, 0.3) is 0 Å². The molecule has 1 aliphatic carbocycles. The highest BCUT2D eigenvalue weighted by Gasteiger charge is 2.29. The lowest BCUT2D eigenvalue weighted by atomic mass is 9.95. The van der Waals surface area contributed by atoms with Gasteiger partial charge >= 0.3 is 0 Å². The summed E-state index contributed by atoms with van der Waals surface area (Å²) in [7, 11) is 4.78. The summed E-state index contributed by atoms with van der Waals surface area (Å²) in [6, 6.07) is 7.10. The van der Waals surface area contributed by atoms with Crippen molar-refractivity contribution in [1.82, 2.24) is 5.32 Å². The van der Waals surface area contributed by atoms with Crippen molar-refractivity contribution >= 4 is 17.7 Å². The Morgan fingerprint density at radius 2 is 1.37 bits per heavy atom. The van der Waals surface area contributed by atoms with Gasteiger partial charge in [-0.1, -0.05) is 85.9 Å². The summed E-state index contributed by atoms with van der Waals surface area (Å²) in [5, 5.41) is 3.23. The molecule has 1 N–H and O–H groups in total. The van der Waals surface area contributed by atoms with Crippen LogP contribution >= 0.6 is 11.8 Å². The fourth-order valence-electron chi connectivity index (χ4n) is 5.74. The van der Waals surface area contributed by atoms with E-state index in [0.717, 1.165) is 60.8 Å². The number of rotatable bonds is 19. The lowest BCUT2D eigenvalue weighted by Crippen LogP contribution is -2.28. The molecule has 0 unspecified atom stereocenters. The summed E-state index contributed by atoms with van der Waals surface area (Å²) in [6.07, 6.45) is 36.0. The number of benzene rings is 1. The molecule has 0 radical (unpaired) electrons. The van der Waals surface area contributed by atoms with Crippen LogP contribution in [-0.4, -0.2) is 33.5 Å². The number of allylic oxidation sites excluding steroid dienone is 12. The zero-order chi connectivity index (χ0) is 35.3. The summed E-state index contributed by atoms with van der Waals surface area (Å²) in [5.41, 5.74) is 3.40. The molecular formula is C42H53NO5S. The van der Waals surface area contributed by atoms with Gasteiger partial charge in [0.1, 0.15) is 0 Å². The Morgan fingerprint density at radius 1 is 0.796 bits per heavy atom. The van der Waals surface area contributed by atoms with Gasteiger partial charge in [-0.15, -0.1) is 11.8 Å². The molecule has 0 spiro atoms. The maximum atomic E-state index is 13.2. The number of methoxy groups -OCH3 is 3. The molecule has 0 aliphatic heterocycles. The molecule has 1 amide bonds. The van der Waals surface area contributed by atoms with Crippen LogP contribution in [0.15, 0.2) is 107 Å². The Bertz CT molecular complexity index is 1600. The number of carbonyl (C=O) groups is 1. The average molecular weight is 684 g/mol. The molecule has 1 atom stereocenters. The Hall–Kier alpha value is -4.23. The summed E-state index contributed by atoms with van der Waals surface area (Å²) in [6.45, 7) is 2.15. The smallest absolute Gasteiger partial charge is 0.220 e. The normalized spacial score (nSPS) is 14.7. The second-order valence-corrected chi connectivity index (χ2v) is 12.4. The van der Waals surface area contributed by atoms with Gasteiger partial charge in [0.05, 0.1) is 32.3 Å². The molecule has 6 nitrogen and oxygen atoms in total. The van der Waals surface area contributed by atoms with E-state index in [1.54, 1.807) is 27.4 Å². The molecule has 3 rings (SSSR count). The average Bonchev–Trinajstić information content (AvgIpc) is 3.36. The lowest BCUT2D eigenvalue weighted by Gasteiger charge is -2.20. The Labute approximate surface area is 297 Å². The van der Waals surface area contributed by atoms with Crippen LogP contribution in [0, 0.1) is 0 Å². The van der Waals surface area contributed by atoms with Crippen LogP contribution in [0.5, 0.6) is 17.2 Å². The van der Waals surface area contributed by atoms with Crippen molar-refractivity contribution in [2.75, 3.05) is 27.6 Å². The van der Waals surface area contributed by atoms with Crippen LogP contribution in [0.1, 0.15) is 81.9 Å². The fourth-order valence-corrected chi connectivity index (χ4v) is 6.20. The first-order chi connectivity index (χ1) is 24.0. The van der Waals surface area contributed by atoms with Crippen LogP contribution in [-0.2, 0) is 11.2 Å². The van der Waals surface area contributed by atoms with Gasteiger partial charge in [-0.25, -0.2) is 0 Å². The zero-order valence-corrected chi connectivity index (χ0v) is 30.7. The topological polar surface area (TPSA) is 73.9 Å². The van der Waals surface area contributed by atoms with E-state index in [0.29, 0.717) is 47.8 Å². The first-order valence-electron chi connectivity index (χ1n) is 17.2. The van der Waals surface area contributed by atoms with Crippen molar-refractivity contribution in [3.63, 3.8) is 0 Å². The highest BCUT2D eigenvalue weighted by molar-refractivity contribution is 7.98. The molecule has 0 heterocycles. The van der Waals surface area contributed by atoms with E-state index in [2.05, 4.69) is 85.2 Å². The molecule has 0 saturated carbocycles. The number of ether oxygens (including phenoxy) is 3. The Morgan fingerprint density at radius 3 is 1.90 bits per heavy atom. The summed E-state index contributed by atoms with van der Waals surface area (Å²) in [4.78, 5) is 27.0. The lowest BCUT2D eigenvalue weighted by molar-refractivity contribution is -0.121. The van der Waals surface area contributed by atoms with E-state index in [1.165, 1.54) is 11.8 Å². The number of fused-ring (bicyclic) bond motifs is 3. The number of hydrogen-bond acceptors (Lipinski definition) is 6. The van der Waals surface area contributed by atoms with Crippen molar-refractivity contribution < 1.29 is 19.0 Å². The Kier molecular flexibility index (Phi) is 17.9. The van der Waals surface area contributed by atoms with Crippen LogP contribution in [0.3, 0.4) is 0 Å². The van der Waals surface area contributed by atoms with Crippen LogP contribution in [0.2, 0.25) is 0 Å². The molecule has 2 aromatic rings. The molecule has 262 valence electrons. The van der Waals surface area contributed by atoms with E-state index < -0.39 is 0 Å². The minimum Gasteiger partial charge on any atom is -0.493 e. The summed E-state index contributed by atoms with van der Waals surface area (Å²) >= 11 is 1.41. The number of hydrogen-bond donors (Lipinski definition) is 1. The van der Waals surface area contributed by atoms with Crippen molar-refractivity contribution in [1.29, 1.82) is 0 Å². The third-order valence-electron chi connectivity index (χ3n) is 8.19. The zero-order valence-electron chi connectivity index (χ0n) is 29.8. The van der Waals surface area contributed by atoms with Gasteiger partial charge < -0.3 is 19.5 Å². The van der Waals surface area contributed by atoms with E-state index in [4.69, 9.17) is 14.2 Å². The quantitative estimate of drug-likeness (QED) is 0.117. The number of nitrogens with one attached hydrogen (secondary N) is 1. The maximum Gasteiger partial charge on any atom is 0.220 e. The van der Waals surface area contributed by atoms with Crippen molar-refractivity contribution in [2.45, 2.75) is 82.1 Å². The van der Waals surface area contributed by atoms with Gasteiger partial charge in [-0.2, -0.15) is 0 Å². The van der Waals surface area contributed by atoms with Crippen molar-refractivity contribution in [3.05, 3.63) is 119 Å². The Balaban J connectivity index is 1.55. The van der Waals surface area contributed by atoms with E-state index in [-0.39, 0.29) is 17.4 Å². The minimum atomic E-state index is -0.336. The standard InChI is InChI=1S/C42H53NO5S/c1-6-7-8-9-10-11-12-13-14-15-16-17-18-19-20-21-22-23-24-25-39(45)43-35-28-26-32-30-37(46-2)41(47-3)42(48-4)40(32)33-27-29-38(49-5)36(44)31-34(33)35/h7-8,10-11,13-14,16-17,19-20,22-23,27,29-31,35H,6,9,12,15,18,21,24-26,28H2,1-5H3,(H,43,45)/b8-7-,11-10-,14-13-,17-16-,20-19-,23-22-/t35-/m0/s1. The first-order valence-corrected chi connectivity index (χ1v) is 18.4. The van der Waals surface area contributed by atoms with Crippen molar-refractivity contribution in [2.24, 2.45) is 0 Å². The largest absolute Gasteiger partial charge is 0.493 e. The minimum absolute atomic E-state index is 0.0485. The monoisotopic (exact) mass is 683 g/mol. The van der Waals surface area contributed by atoms with Gasteiger partial charge in [0.15, 0.2) is 16.9 Å². The number of carbonyl (C=O) groups excluding carboxylic acids is 1. The molecule has 7 heteroatoms. The third-order valence-corrected chi connectivity index (χ3v) is 8.97. The van der Waals surface area contributed by atoms with Crippen LogP contribution in [0.4, 0.5) is 0 Å². The fraction of sp³-hybridized carbons (Fsp3) is 0.381. The van der Waals surface area contributed by atoms with Gasteiger partial charge in [0, 0.05) is 12.0 Å². The number of thioether (sulfide) groups is 1. The van der Waals surface area contributed by atoms with E-state index >= 15 is 0 Å². The third kappa shape index (κ3) is 12.3. The van der Waals surface area contributed by atoms with Gasteiger partial charge in [-0.3, -0.25) is 9.59 Å². The first kappa shape index (κ1) is 39.2. The van der Waals surface area contributed by atoms with Crippen LogP contribution in [0.25, 0.3) is 11.1 Å². The second kappa shape index (κ2) is 22.4. The van der Waals surface area contributed by atoms with E-state index in [9.17, 15) is 9.59 Å². The summed E-state index contributed by atoms with van der Waals surface area (Å²) < 4.78 is 17.2. The molecule has 2 aromatic carbocycles.